The van der Waals surface area contributed by atoms with Crippen molar-refractivity contribution in [2.24, 2.45) is 7.05 Å². The number of carbonyl (C=O) groups is 1. The van der Waals surface area contributed by atoms with Gasteiger partial charge in [0.05, 0.1) is 11.7 Å². The molecule has 0 aliphatic heterocycles. The molecule has 1 aromatic rings. The van der Waals surface area contributed by atoms with Gasteiger partial charge in [0.15, 0.2) is 5.82 Å². The first-order valence-electron chi connectivity index (χ1n) is 6.34. The van der Waals surface area contributed by atoms with Crippen molar-refractivity contribution in [1.29, 1.82) is 0 Å². The van der Waals surface area contributed by atoms with Gasteiger partial charge in [0, 0.05) is 13.1 Å². The molecule has 0 saturated heterocycles. The third-order valence-electron chi connectivity index (χ3n) is 3.22. The Morgan fingerprint density at radius 1 is 1.50 bits per heavy atom. The summed E-state index contributed by atoms with van der Waals surface area (Å²) in [6.07, 6.45) is 1.89. The van der Waals surface area contributed by atoms with Gasteiger partial charge in [-0.1, -0.05) is 0 Å². The summed E-state index contributed by atoms with van der Waals surface area (Å²) in [6.45, 7) is 3.10. The van der Waals surface area contributed by atoms with Crippen molar-refractivity contribution in [2.45, 2.75) is 43.7 Å². The zero-order chi connectivity index (χ0) is 15.1. The number of rotatable bonds is 5. The lowest BCUT2D eigenvalue weighted by atomic mass is 10.3. The second-order valence-electron chi connectivity index (χ2n) is 5.05. The maximum Gasteiger partial charge on any atom is 0.246 e. The lowest BCUT2D eigenvalue weighted by Crippen LogP contribution is -2.45. The third kappa shape index (κ3) is 2.93. The molecular weight excluding hydrogens is 282 g/mol. The highest BCUT2D eigenvalue weighted by molar-refractivity contribution is 7.89. The topological polar surface area (TPSA) is 119 Å². The quantitative estimate of drug-likeness (QED) is 0.661. The maximum atomic E-state index is 12.3. The molecule has 20 heavy (non-hydrogen) atoms. The van der Waals surface area contributed by atoms with Crippen molar-refractivity contribution < 1.29 is 13.2 Å². The Labute approximate surface area is 117 Å². The van der Waals surface area contributed by atoms with E-state index in [0.717, 1.165) is 12.8 Å². The zero-order valence-electron chi connectivity index (χ0n) is 11.7. The minimum absolute atomic E-state index is 0.0766. The highest BCUT2D eigenvalue weighted by atomic mass is 32.2. The molecule has 8 nitrogen and oxygen atoms in total. The highest BCUT2D eigenvalue weighted by Gasteiger charge is 2.30. The predicted molar refractivity (Wildman–Crippen MR) is 73.3 cm³/mol. The van der Waals surface area contributed by atoms with Gasteiger partial charge in [0.1, 0.15) is 4.90 Å². The number of nitrogens with two attached hydrogens (primary N) is 1. The van der Waals surface area contributed by atoms with Crippen LogP contribution < -0.4 is 15.8 Å². The van der Waals surface area contributed by atoms with E-state index in [1.807, 2.05) is 0 Å². The molecule has 1 amide bonds. The van der Waals surface area contributed by atoms with E-state index in [-0.39, 0.29) is 22.7 Å². The molecule has 1 fully saturated rings. The van der Waals surface area contributed by atoms with E-state index < -0.39 is 16.1 Å². The van der Waals surface area contributed by atoms with Crippen LogP contribution in [0.1, 0.15) is 25.5 Å². The van der Waals surface area contributed by atoms with E-state index in [1.54, 1.807) is 14.0 Å². The summed E-state index contributed by atoms with van der Waals surface area (Å²) in [5.74, 6) is -0.413. The van der Waals surface area contributed by atoms with Crippen molar-refractivity contribution in [3.8, 4) is 0 Å². The van der Waals surface area contributed by atoms with Gasteiger partial charge in [-0.15, -0.1) is 0 Å². The van der Waals surface area contributed by atoms with Gasteiger partial charge in [-0.25, -0.2) is 8.42 Å². The fourth-order valence-corrected chi connectivity index (χ4v) is 3.37. The van der Waals surface area contributed by atoms with Gasteiger partial charge >= 0.3 is 0 Å². The second-order valence-corrected chi connectivity index (χ2v) is 6.70. The van der Waals surface area contributed by atoms with Crippen LogP contribution in [0, 0.1) is 6.92 Å². The lowest BCUT2D eigenvalue weighted by molar-refractivity contribution is -0.122. The molecule has 1 aliphatic carbocycles. The number of nitrogens with zero attached hydrogens (tertiary/aromatic N) is 2. The Morgan fingerprint density at radius 3 is 2.55 bits per heavy atom. The smallest absolute Gasteiger partial charge is 0.246 e. The van der Waals surface area contributed by atoms with Crippen LogP contribution >= 0.6 is 0 Å². The standard InChI is InChI=1S/C11H19N5O3S/c1-6(11(17)13-8-4-5-8)15-20(18,19)9-7(2)16(3)14-10(9)12/h6,8,15H,4-5H2,1-3H3,(H2,12,14)(H,13,17). The molecule has 4 N–H and O–H groups in total. The molecule has 0 spiro atoms. The number of amides is 1. The number of aryl methyl sites for hydroxylation is 1. The van der Waals surface area contributed by atoms with E-state index in [1.165, 1.54) is 11.6 Å². The number of carbonyl (C=O) groups excluding carboxylic acids is 1. The average molecular weight is 301 g/mol. The van der Waals surface area contributed by atoms with Crippen LogP contribution in [0.15, 0.2) is 4.90 Å². The summed E-state index contributed by atoms with van der Waals surface area (Å²) in [7, 11) is -2.27. The molecule has 1 saturated carbocycles. The molecule has 9 heteroatoms. The first-order valence-corrected chi connectivity index (χ1v) is 7.82. The molecule has 1 heterocycles. The van der Waals surface area contributed by atoms with Crippen LogP contribution in [0.3, 0.4) is 0 Å². The fraction of sp³-hybridized carbons (Fsp3) is 0.636. The largest absolute Gasteiger partial charge is 0.381 e. The van der Waals surface area contributed by atoms with Crippen LogP contribution in [0.5, 0.6) is 0 Å². The number of aromatic nitrogens is 2. The first kappa shape index (κ1) is 14.8. The summed E-state index contributed by atoms with van der Waals surface area (Å²) >= 11 is 0. The predicted octanol–water partition coefficient (Wildman–Crippen LogP) is -0.744. The van der Waals surface area contributed by atoms with Gasteiger partial charge < -0.3 is 11.1 Å². The molecular formula is C11H19N5O3S. The molecule has 0 bridgehead atoms. The van der Waals surface area contributed by atoms with Crippen molar-refractivity contribution >= 4 is 21.7 Å². The van der Waals surface area contributed by atoms with E-state index in [9.17, 15) is 13.2 Å². The summed E-state index contributed by atoms with van der Waals surface area (Å²) in [6, 6.07) is -0.681. The minimum atomic E-state index is -3.88. The van der Waals surface area contributed by atoms with Crippen LogP contribution in [-0.4, -0.2) is 36.2 Å². The van der Waals surface area contributed by atoms with Crippen molar-refractivity contribution in [1.82, 2.24) is 19.8 Å². The van der Waals surface area contributed by atoms with Crippen molar-refractivity contribution in [3.05, 3.63) is 5.69 Å². The second kappa shape index (κ2) is 5.06. The number of nitrogen functional groups attached to an aromatic ring is 1. The van der Waals surface area contributed by atoms with E-state index in [0.29, 0.717) is 5.69 Å². The van der Waals surface area contributed by atoms with Crippen molar-refractivity contribution in [3.63, 3.8) is 0 Å². The average Bonchev–Trinajstić information content (AvgIpc) is 3.06. The Balaban J connectivity index is 2.15. The first-order chi connectivity index (χ1) is 9.22. The molecule has 1 aromatic heterocycles. The van der Waals surface area contributed by atoms with Gasteiger partial charge in [-0.05, 0) is 26.7 Å². The molecule has 0 aromatic carbocycles. The number of hydrogen-bond donors (Lipinski definition) is 3. The molecule has 1 aliphatic rings. The summed E-state index contributed by atoms with van der Waals surface area (Å²) < 4.78 is 28.3. The lowest BCUT2D eigenvalue weighted by Gasteiger charge is -2.14. The zero-order valence-corrected chi connectivity index (χ0v) is 12.5. The summed E-state index contributed by atoms with van der Waals surface area (Å²) in [4.78, 5) is 11.7. The van der Waals surface area contributed by atoms with Gasteiger partial charge in [-0.2, -0.15) is 9.82 Å². The minimum Gasteiger partial charge on any atom is -0.381 e. The Morgan fingerprint density at radius 2 is 2.10 bits per heavy atom. The number of sulfonamides is 1. The molecule has 112 valence electrons. The SMILES string of the molecule is Cc1c(S(=O)(=O)NC(C)C(=O)NC2CC2)c(N)nn1C. The van der Waals surface area contributed by atoms with Crippen molar-refractivity contribution in [2.75, 3.05) is 5.73 Å². The fourth-order valence-electron chi connectivity index (χ4n) is 1.85. The Hall–Kier alpha value is -1.61. The van der Waals surface area contributed by atoms with Crippen LogP contribution in [-0.2, 0) is 21.9 Å². The Bertz CT molecular complexity index is 633. The maximum absolute atomic E-state index is 12.3. The molecule has 0 radical (unpaired) electrons. The summed E-state index contributed by atoms with van der Waals surface area (Å²) in [5, 5.41) is 6.61. The number of nitrogens with one attached hydrogen (secondary N) is 2. The van der Waals surface area contributed by atoms with E-state index in [2.05, 4.69) is 15.1 Å². The monoisotopic (exact) mass is 301 g/mol. The number of anilines is 1. The van der Waals surface area contributed by atoms with Gasteiger partial charge in [-0.3, -0.25) is 9.48 Å². The normalized spacial score (nSPS) is 16.9. The third-order valence-corrected chi connectivity index (χ3v) is 4.93. The van der Waals surface area contributed by atoms with E-state index >= 15 is 0 Å². The van der Waals surface area contributed by atoms with E-state index in [4.69, 9.17) is 5.73 Å². The number of hydrogen-bond acceptors (Lipinski definition) is 5. The van der Waals surface area contributed by atoms with Gasteiger partial charge in [0.2, 0.25) is 15.9 Å². The molecule has 2 rings (SSSR count). The Kier molecular flexibility index (Phi) is 3.74. The highest BCUT2D eigenvalue weighted by Crippen LogP contribution is 2.22. The van der Waals surface area contributed by atoms with Crippen LogP contribution in [0.25, 0.3) is 0 Å². The summed E-state index contributed by atoms with van der Waals surface area (Å²) in [5.41, 5.74) is 6.04. The van der Waals surface area contributed by atoms with Crippen LogP contribution in [0.4, 0.5) is 5.82 Å². The molecule has 1 unspecified atom stereocenters. The van der Waals surface area contributed by atoms with Gasteiger partial charge in [0.25, 0.3) is 0 Å². The molecule has 1 atom stereocenters. The van der Waals surface area contributed by atoms with Crippen LogP contribution in [0.2, 0.25) is 0 Å².